The predicted molar refractivity (Wildman–Crippen MR) is 71.9 cm³/mol. The third-order valence-corrected chi connectivity index (χ3v) is 3.90. The fourth-order valence-electron chi connectivity index (χ4n) is 2.44. The normalized spacial score (nSPS) is 23.2. The number of nitrogens with zero attached hydrogens (tertiary/aromatic N) is 2. The Morgan fingerprint density at radius 3 is 2.62 bits per heavy atom. The number of aryl methyl sites for hydroxylation is 1. The summed E-state index contributed by atoms with van der Waals surface area (Å²) in [4.78, 5) is 17.7. The average molecular weight is 301 g/mol. The van der Waals surface area contributed by atoms with E-state index >= 15 is 0 Å². The zero-order valence-electron chi connectivity index (χ0n) is 12.2. The summed E-state index contributed by atoms with van der Waals surface area (Å²) >= 11 is 0. The van der Waals surface area contributed by atoms with E-state index in [1.807, 2.05) is 13.8 Å². The van der Waals surface area contributed by atoms with E-state index in [0.717, 1.165) is 6.07 Å². The number of carbonyl (C=O) groups excluding carboxylic acids is 1. The first-order chi connectivity index (χ1) is 9.71. The molecular formula is C14H18F3N3O. The number of hydrogen-bond acceptors (Lipinski definition) is 3. The highest BCUT2D eigenvalue weighted by Crippen LogP contribution is 2.28. The first-order valence-electron chi connectivity index (χ1n) is 6.81. The molecule has 116 valence electrons. The molecule has 1 N–H and O–H groups in total. The van der Waals surface area contributed by atoms with Crippen LogP contribution in [0.25, 0.3) is 0 Å². The lowest BCUT2D eigenvalue weighted by atomic mass is 10.0. The molecule has 0 bridgehead atoms. The molecule has 2 unspecified atom stereocenters. The summed E-state index contributed by atoms with van der Waals surface area (Å²) in [6, 6.07) is 2.20. The number of nitrogens with one attached hydrogen (secondary N) is 1. The van der Waals surface area contributed by atoms with Crippen LogP contribution in [0.15, 0.2) is 12.1 Å². The van der Waals surface area contributed by atoms with Gasteiger partial charge in [-0.25, -0.2) is 4.98 Å². The summed E-state index contributed by atoms with van der Waals surface area (Å²) in [5, 5.41) is 3.25. The summed E-state index contributed by atoms with van der Waals surface area (Å²) in [5.41, 5.74) is -0.643. The van der Waals surface area contributed by atoms with Crippen molar-refractivity contribution in [2.45, 2.75) is 39.0 Å². The second-order valence-corrected chi connectivity index (χ2v) is 5.31. The molecule has 1 aromatic rings. The molecule has 1 aromatic heterocycles. The van der Waals surface area contributed by atoms with Crippen LogP contribution in [-0.4, -0.2) is 41.0 Å². The van der Waals surface area contributed by atoms with Crippen molar-refractivity contribution >= 4 is 5.91 Å². The number of alkyl halides is 3. The van der Waals surface area contributed by atoms with Crippen molar-refractivity contribution in [2.75, 3.05) is 13.1 Å². The Morgan fingerprint density at radius 1 is 1.38 bits per heavy atom. The average Bonchev–Trinajstić information content (AvgIpc) is 2.40. The largest absolute Gasteiger partial charge is 0.433 e. The molecule has 7 heteroatoms. The van der Waals surface area contributed by atoms with Crippen molar-refractivity contribution < 1.29 is 18.0 Å². The lowest BCUT2D eigenvalue weighted by molar-refractivity contribution is -0.141. The quantitative estimate of drug-likeness (QED) is 0.865. The second-order valence-electron chi connectivity index (χ2n) is 5.31. The number of aromatic nitrogens is 1. The Morgan fingerprint density at radius 2 is 2.05 bits per heavy atom. The van der Waals surface area contributed by atoms with E-state index in [0.29, 0.717) is 13.1 Å². The van der Waals surface area contributed by atoms with Crippen molar-refractivity contribution in [3.63, 3.8) is 0 Å². The summed E-state index contributed by atoms with van der Waals surface area (Å²) in [7, 11) is 0. The highest BCUT2D eigenvalue weighted by Gasteiger charge is 2.34. The molecule has 1 saturated heterocycles. The molecule has 1 fully saturated rings. The molecule has 4 nitrogen and oxygen atoms in total. The third kappa shape index (κ3) is 3.18. The first kappa shape index (κ1) is 15.8. The van der Waals surface area contributed by atoms with E-state index in [-0.39, 0.29) is 29.2 Å². The molecule has 1 amide bonds. The van der Waals surface area contributed by atoms with Gasteiger partial charge in [-0.2, -0.15) is 13.2 Å². The van der Waals surface area contributed by atoms with Crippen molar-refractivity contribution in [3.05, 3.63) is 29.1 Å². The van der Waals surface area contributed by atoms with Crippen molar-refractivity contribution in [2.24, 2.45) is 0 Å². The van der Waals surface area contributed by atoms with Crippen LogP contribution in [0.5, 0.6) is 0 Å². The van der Waals surface area contributed by atoms with Gasteiger partial charge in [0.15, 0.2) is 0 Å². The summed E-state index contributed by atoms with van der Waals surface area (Å²) < 4.78 is 37.8. The van der Waals surface area contributed by atoms with Gasteiger partial charge in [0.2, 0.25) is 0 Å². The van der Waals surface area contributed by atoms with Crippen LogP contribution < -0.4 is 5.32 Å². The third-order valence-electron chi connectivity index (χ3n) is 3.90. The van der Waals surface area contributed by atoms with Gasteiger partial charge in [0, 0.05) is 25.2 Å². The van der Waals surface area contributed by atoms with Crippen LogP contribution in [-0.2, 0) is 6.18 Å². The van der Waals surface area contributed by atoms with Gasteiger partial charge in [-0.15, -0.1) is 0 Å². The molecule has 2 heterocycles. The number of hydrogen-bond donors (Lipinski definition) is 1. The van der Waals surface area contributed by atoms with E-state index < -0.39 is 11.9 Å². The van der Waals surface area contributed by atoms with Crippen LogP contribution in [0.1, 0.15) is 35.6 Å². The van der Waals surface area contributed by atoms with Crippen molar-refractivity contribution in [1.82, 2.24) is 15.2 Å². The highest BCUT2D eigenvalue weighted by molar-refractivity contribution is 5.95. The predicted octanol–water partition coefficient (Wildman–Crippen LogP) is 2.23. The number of pyridine rings is 1. The number of piperazine rings is 1. The Kier molecular flexibility index (Phi) is 4.22. The zero-order chi connectivity index (χ0) is 15.8. The van der Waals surface area contributed by atoms with Gasteiger partial charge in [-0.3, -0.25) is 4.79 Å². The van der Waals surface area contributed by atoms with E-state index in [2.05, 4.69) is 10.3 Å². The van der Waals surface area contributed by atoms with Gasteiger partial charge in [-0.1, -0.05) is 0 Å². The van der Waals surface area contributed by atoms with Gasteiger partial charge in [0.1, 0.15) is 5.69 Å². The maximum atomic E-state index is 12.6. The van der Waals surface area contributed by atoms with Gasteiger partial charge in [-0.05, 0) is 32.9 Å². The van der Waals surface area contributed by atoms with Gasteiger partial charge in [0.05, 0.1) is 11.3 Å². The molecule has 0 spiro atoms. The fraction of sp³-hybridized carbons (Fsp3) is 0.571. The number of amides is 1. The fourth-order valence-corrected chi connectivity index (χ4v) is 2.44. The molecular weight excluding hydrogens is 283 g/mol. The monoisotopic (exact) mass is 301 g/mol. The minimum atomic E-state index is -4.50. The first-order valence-corrected chi connectivity index (χ1v) is 6.81. The topological polar surface area (TPSA) is 45.2 Å². The van der Waals surface area contributed by atoms with E-state index in [9.17, 15) is 18.0 Å². The van der Waals surface area contributed by atoms with Crippen LogP contribution in [0.3, 0.4) is 0 Å². The minimum absolute atomic E-state index is 0.0204. The van der Waals surface area contributed by atoms with E-state index in [1.54, 1.807) is 4.90 Å². The van der Waals surface area contributed by atoms with Gasteiger partial charge < -0.3 is 10.2 Å². The number of carbonyl (C=O) groups is 1. The lowest BCUT2D eigenvalue weighted by Crippen LogP contribution is -2.57. The molecule has 21 heavy (non-hydrogen) atoms. The van der Waals surface area contributed by atoms with E-state index in [1.165, 1.54) is 13.0 Å². The Balaban J connectivity index is 2.27. The summed E-state index contributed by atoms with van der Waals surface area (Å²) in [5.74, 6) is -0.269. The standard InChI is InChI=1S/C14H18F3N3O/c1-8-10(3)20(7-6-18-8)13(21)11-4-5-12(14(15,16)17)19-9(11)2/h4-5,8,10,18H,6-7H2,1-3H3. The molecule has 0 aliphatic carbocycles. The maximum absolute atomic E-state index is 12.6. The van der Waals surface area contributed by atoms with Gasteiger partial charge in [0.25, 0.3) is 5.91 Å². The summed E-state index contributed by atoms with van der Waals surface area (Å²) in [6.07, 6.45) is -4.50. The molecule has 0 saturated carbocycles. The van der Waals surface area contributed by atoms with E-state index in [4.69, 9.17) is 0 Å². The maximum Gasteiger partial charge on any atom is 0.433 e. The van der Waals surface area contributed by atoms with Crippen molar-refractivity contribution in [3.8, 4) is 0 Å². The zero-order valence-corrected chi connectivity index (χ0v) is 12.2. The Labute approximate surface area is 121 Å². The highest BCUT2D eigenvalue weighted by atomic mass is 19.4. The second kappa shape index (κ2) is 5.63. The molecule has 1 aliphatic heterocycles. The number of halogens is 3. The van der Waals surface area contributed by atoms with Crippen LogP contribution in [0.2, 0.25) is 0 Å². The lowest BCUT2D eigenvalue weighted by Gasteiger charge is -2.38. The Bertz CT molecular complexity index is 545. The molecule has 2 atom stereocenters. The number of rotatable bonds is 1. The molecule has 1 aliphatic rings. The Hall–Kier alpha value is -1.63. The molecule has 0 radical (unpaired) electrons. The minimum Gasteiger partial charge on any atom is -0.333 e. The van der Waals surface area contributed by atoms with Crippen LogP contribution in [0, 0.1) is 6.92 Å². The SMILES string of the molecule is Cc1nc(C(F)(F)F)ccc1C(=O)N1CCNC(C)C1C. The summed E-state index contributed by atoms with van der Waals surface area (Å²) in [6.45, 7) is 6.53. The van der Waals surface area contributed by atoms with Crippen molar-refractivity contribution in [1.29, 1.82) is 0 Å². The van der Waals surface area contributed by atoms with Crippen LogP contribution >= 0.6 is 0 Å². The van der Waals surface area contributed by atoms with Gasteiger partial charge >= 0.3 is 6.18 Å². The molecule has 0 aromatic carbocycles. The molecule has 2 rings (SSSR count). The smallest absolute Gasteiger partial charge is 0.333 e. The van der Waals surface area contributed by atoms with Crippen LogP contribution in [0.4, 0.5) is 13.2 Å².